The Morgan fingerprint density at radius 1 is 0.900 bits per heavy atom. The van der Waals surface area contributed by atoms with Gasteiger partial charge >= 0.3 is 12.5 Å². The van der Waals surface area contributed by atoms with Crippen molar-refractivity contribution in [3.8, 4) is 22.8 Å². The van der Waals surface area contributed by atoms with Crippen LogP contribution in [0.3, 0.4) is 0 Å². The molecule has 1 heterocycles. The lowest BCUT2D eigenvalue weighted by molar-refractivity contribution is -0.274. The van der Waals surface area contributed by atoms with Gasteiger partial charge in [-0.25, -0.2) is 4.98 Å². The first-order valence-electron chi connectivity index (χ1n) is 8.30. The highest BCUT2D eigenvalue weighted by Crippen LogP contribution is 2.41. The van der Waals surface area contributed by atoms with Crippen LogP contribution in [0.25, 0.3) is 11.1 Å². The Morgan fingerprint density at radius 2 is 1.63 bits per heavy atom. The fraction of sp³-hybridized carbons (Fsp3) is 0.158. The smallest absolute Gasteiger partial charge is 0.460 e. The van der Waals surface area contributed by atoms with E-state index in [0.29, 0.717) is 0 Å². The Hall–Kier alpha value is -3.50. The summed E-state index contributed by atoms with van der Waals surface area (Å²) in [4.78, 5) is 7.19. The maximum atomic E-state index is 13.8. The second-order valence-electron chi connectivity index (χ2n) is 5.96. The summed E-state index contributed by atoms with van der Waals surface area (Å²) in [5, 5.41) is 0. The van der Waals surface area contributed by atoms with Crippen molar-refractivity contribution < 1.29 is 35.8 Å². The first-order chi connectivity index (χ1) is 14.0. The van der Waals surface area contributed by atoms with Crippen molar-refractivity contribution in [2.24, 2.45) is 0 Å². The number of rotatable bonds is 5. The number of hydrogen-bond donors (Lipinski definition) is 1. The van der Waals surface area contributed by atoms with E-state index in [2.05, 4.69) is 14.7 Å². The van der Waals surface area contributed by atoms with Gasteiger partial charge in [0.05, 0.1) is 0 Å². The summed E-state index contributed by atoms with van der Waals surface area (Å²) in [5.74, 6) is -1.25. The van der Waals surface area contributed by atoms with E-state index in [1.807, 2.05) is 0 Å². The molecule has 0 saturated heterocycles. The molecule has 0 saturated carbocycles. The van der Waals surface area contributed by atoms with E-state index in [1.165, 1.54) is 30.3 Å². The quantitative estimate of drug-likeness (QED) is 0.557. The molecule has 1 atom stereocenters. The molecule has 0 amide bonds. The highest BCUT2D eigenvalue weighted by atomic mass is 19.4. The molecule has 0 fully saturated rings. The van der Waals surface area contributed by atoms with Gasteiger partial charge in [0.25, 0.3) is 0 Å². The monoisotopic (exact) mass is 429 g/mol. The molecule has 0 aliphatic carbocycles. The van der Waals surface area contributed by atoms with Crippen molar-refractivity contribution in [2.45, 2.75) is 18.6 Å². The van der Waals surface area contributed by atoms with Crippen molar-refractivity contribution in [1.82, 2.24) is 9.97 Å². The van der Waals surface area contributed by atoms with Gasteiger partial charge < -0.3 is 15.2 Å². The van der Waals surface area contributed by atoms with Crippen LogP contribution < -0.4 is 15.2 Å². The fourth-order valence-electron chi connectivity index (χ4n) is 2.70. The van der Waals surface area contributed by atoms with Gasteiger partial charge in [-0.2, -0.15) is 18.2 Å². The standard InChI is InChI=1S/C19H13F6N3O2/c20-18(21,22)16(29-15-8-9-27-17(26)28-15)14-7-2-1-6-13(14)11-4-3-5-12(10-11)30-19(23,24)25/h1-10,16H,(H2,26,27,28). The highest BCUT2D eigenvalue weighted by Gasteiger charge is 2.44. The molecule has 2 aromatic carbocycles. The Balaban J connectivity index is 2.05. The fourth-order valence-corrected chi connectivity index (χ4v) is 2.70. The van der Waals surface area contributed by atoms with Gasteiger partial charge in [0.15, 0.2) is 0 Å². The second kappa shape index (κ2) is 8.09. The zero-order chi connectivity index (χ0) is 21.9. The van der Waals surface area contributed by atoms with Crippen molar-refractivity contribution in [1.29, 1.82) is 0 Å². The zero-order valence-electron chi connectivity index (χ0n) is 14.9. The summed E-state index contributed by atoms with van der Waals surface area (Å²) < 4.78 is 87.9. The molecule has 3 aromatic rings. The van der Waals surface area contributed by atoms with Gasteiger partial charge in [0.2, 0.25) is 17.9 Å². The van der Waals surface area contributed by atoms with Gasteiger partial charge in [-0.15, -0.1) is 13.2 Å². The predicted molar refractivity (Wildman–Crippen MR) is 94.4 cm³/mol. The molecular formula is C19H13F6N3O2. The Kier molecular flexibility index (Phi) is 5.72. The minimum absolute atomic E-state index is 0.00878. The van der Waals surface area contributed by atoms with Gasteiger partial charge in [0.1, 0.15) is 5.75 Å². The number of hydrogen-bond acceptors (Lipinski definition) is 5. The van der Waals surface area contributed by atoms with E-state index < -0.39 is 30.3 Å². The number of aromatic nitrogens is 2. The molecule has 0 aliphatic rings. The van der Waals surface area contributed by atoms with Crippen molar-refractivity contribution >= 4 is 5.95 Å². The summed E-state index contributed by atoms with van der Waals surface area (Å²) in [6.07, 6.45) is -11.1. The summed E-state index contributed by atoms with van der Waals surface area (Å²) in [6, 6.07) is 11.0. The number of ether oxygens (including phenoxy) is 2. The lowest BCUT2D eigenvalue weighted by Crippen LogP contribution is -2.27. The summed E-state index contributed by atoms with van der Waals surface area (Å²) in [7, 11) is 0. The van der Waals surface area contributed by atoms with Crippen LogP contribution in [0.1, 0.15) is 11.7 Å². The SMILES string of the molecule is Nc1nccc(OC(c2ccccc2-c2cccc(OC(F)(F)F)c2)C(F)(F)F)n1. The molecule has 0 radical (unpaired) electrons. The van der Waals surface area contributed by atoms with Crippen LogP contribution >= 0.6 is 0 Å². The topological polar surface area (TPSA) is 70.3 Å². The number of halogens is 6. The van der Waals surface area contributed by atoms with Crippen LogP contribution in [0.15, 0.2) is 60.8 Å². The normalized spacial score (nSPS) is 13.0. The lowest BCUT2D eigenvalue weighted by Gasteiger charge is -2.24. The van der Waals surface area contributed by atoms with E-state index in [4.69, 9.17) is 10.5 Å². The van der Waals surface area contributed by atoms with E-state index in [0.717, 1.165) is 30.5 Å². The molecule has 1 unspecified atom stereocenters. The molecule has 5 nitrogen and oxygen atoms in total. The van der Waals surface area contributed by atoms with E-state index in [-0.39, 0.29) is 22.6 Å². The third kappa shape index (κ3) is 5.31. The number of benzene rings is 2. The molecule has 11 heteroatoms. The largest absolute Gasteiger partial charge is 0.573 e. The molecule has 158 valence electrons. The Morgan fingerprint density at radius 3 is 2.30 bits per heavy atom. The predicted octanol–water partition coefficient (Wildman–Crippen LogP) is 5.31. The summed E-state index contributed by atoms with van der Waals surface area (Å²) in [5.41, 5.74) is 5.14. The van der Waals surface area contributed by atoms with Crippen LogP contribution in [0.5, 0.6) is 11.6 Å². The van der Waals surface area contributed by atoms with Crippen molar-refractivity contribution in [2.75, 3.05) is 5.73 Å². The second-order valence-corrected chi connectivity index (χ2v) is 5.96. The third-order valence-electron chi connectivity index (χ3n) is 3.81. The van der Waals surface area contributed by atoms with Crippen LogP contribution in [0.2, 0.25) is 0 Å². The molecule has 0 bridgehead atoms. The molecule has 0 aliphatic heterocycles. The number of alkyl halides is 6. The minimum atomic E-state index is -4.94. The molecule has 2 N–H and O–H groups in total. The van der Waals surface area contributed by atoms with Crippen LogP contribution in [-0.4, -0.2) is 22.5 Å². The van der Waals surface area contributed by atoms with E-state index >= 15 is 0 Å². The Bertz CT molecular complexity index is 1020. The molecule has 30 heavy (non-hydrogen) atoms. The lowest BCUT2D eigenvalue weighted by atomic mass is 9.95. The summed E-state index contributed by atoms with van der Waals surface area (Å²) >= 11 is 0. The van der Waals surface area contributed by atoms with Crippen molar-refractivity contribution in [3.05, 3.63) is 66.4 Å². The van der Waals surface area contributed by atoms with Crippen molar-refractivity contribution in [3.63, 3.8) is 0 Å². The minimum Gasteiger partial charge on any atom is -0.460 e. The van der Waals surface area contributed by atoms with Crippen LogP contribution in [0.4, 0.5) is 32.3 Å². The van der Waals surface area contributed by atoms with Gasteiger partial charge in [0, 0.05) is 17.8 Å². The zero-order valence-corrected chi connectivity index (χ0v) is 14.9. The number of nitrogens with zero attached hydrogens (tertiary/aromatic N) is 2. The Labute approximate surface area is 166 Å². The van der Waals surface area contributed by atoms with E-state index in [1.54, 1.807) is 0 Å². The first-order valence-corrected chi connectivity index (χ1v) is 8.30. The average molecular weight is 429 g/mol. The van der Waals surface area contributed by atoms with Gasteiger partial charge in [-0.05, 0) is 23.3 Å². The molecule has 3 rings (SSSR count). The number of anilines is 1. The van der Waals surface area contributed by atoms with E-state index in [9.17, 15) is 26.3 Å². The van der Waals surface area contributed by atoms with Gasteiger partial charge in [-0.1, -0.05) is 36.4 Å². The van der Waals surface area contributed by atoms with Crippen LogP contribution in [0, 0.1) is 0 Å². The molecule has 1 aromatic heterocycles. The summed E-state index contributed by atoms with van der Waals surface area (Å²) in [6.45, 7) is 0. The number of nitrogens with two attached hydrogens (primary N) is 1. The first kappa shape index (κ1) is 21.2. The highest BCUT2D eigenvalue weighted by molar-refractivity contribution is 5.69. The maximum absolute atomic E-state index is 13.8. The van der Waals surface area contributed by atoms with Crippen LogP contribution in [-0.2, 0) is 0 Å². The number of nitrogen functional groups attached to an aromatic ring is 1. The third-order valence-corrected chi connectivity index (χ3v) is 3.81. The maximum Gasteiger partial charge on any atom is 0.573 e. The molecular weight excluding hydrogens is 416 g/mol. The molecule has 0 spiro atoms. The van der Waals surface area contributed by atoms with Gasteiger partial charge in [-0.3, -0.25) is 0 Å². The average Bonchev–Trinajstić information content (AvgIpc) is 2.64.